The van der Waals surface area contributed by atoms with Crippen LogP contribution in [0.3, 0.4) is 0 Å². The van der Waals surface area contributed by atoms with Crippen LogP contribution in [0.4, 0.5) is 17.5 Å². The molecule has 4 nitrogen and oxygen atoms in total. The van der Waals surface area contributed by atoms with E-state index in [9.17, 15) is 0 Å². The first-order chi connectivity index (χ1) is 11.0. The number of aryl methyl sites for hydroxylation is 1. The Balaban J connectivity index is 2.30. The number of anilines is 3. The predicted molar refractivity (Wildman–Crippen MR) is 99.3 cm³/mol. The van der Waals surface area contributed by atoms with Crippen LogP contribution in [0.2, 0.25) is 10.0 Å². The van der Waals surface area contributed by atoms with E-state index in [0.29, 0.717) is 21.7 Å². The molecule has 0 aliphatic heterocycles. The van der Waals surface area contributed by atoms with E-state index in [-0.39, 0.29) is 0 Å². The Morgan fingerprint density at radius 3 is 2.39 bits per heavy atom. The fraction of sp³-hybridized carbons (Fsp3) is 0.412. The second-order valence-corrected chi connectivity index (χ2v) is 6.27. The average Bonchev–Trinajstić information content (AvgIpc) is 2.50. The van der Waals surface area contributed by atoms with Crippen molar-refractivity contribution in [3.8, 4) is 0 Å². The van der Waals surface area contributed by atoms with Gasteiger partial charge in [-0.25, -0.2) is 4.98 Å². The zero-order valence-corrected chi connectivity index (χ0v) is 15.2. The summed E-state index contributed by atoms with van der Waals surface area (Å²) in [5.74, 6) is 1.46. The Bertz CT molecular complexity index is 655. The number of hydrogen-bond donors (Lipinski definition) is 1. The molecular weight excluding hydrogens is 331 g/mol. The standard InChI is InChI=1S/C17H22Cl2N4/c1-4-8-23(9-5-2)16-10-12(3)20-17(22-16)21-15-11-13(18)6-7-14(15)19/h6-7,10-11H,4-5,8-9H2,1-3H3,(H,20,21,22). The second-order valence-electron chi connectivity index (χ2n) is 5.43. The summed E-state index contributed by atoms with van der Waals surface area (Å²) >= 11 is 12.2. The van der Waals surface area contributed by atoms with Crippen molar-refractivity contribution in [1.82, 2.24) is 9.97 Å². The summed E-state index contributed by atoms with van der Waals surface area (Å²) in [6, 6.07) is 7.28. The van der Waals surface area contributed by atoms with Crippen molar-refractivity contribution in [2.75, 3.05) is 23.3 Å². The van der Waals surface area contributed by atoms with Gasteiger partial charge >= 0.3 is 0 Å². The quantitative estimate of drug-likeness (QED) is 0.717. The van der Waals surface area contributed by atoms with Crippen LogP contribution in [0.5, 0.6) is 0 Å². The van der Waals surface area contributed by atoms with Gasteiger partial charge in [0.1, 0.15) is 5.82 Å². The molecule has 1 aromatic carbocycles. The van der Waals surface area contributed by atoms with Gasteiger partial charge in [-0.05, 0) is 38.0 Å². The number of nitrogens with one attached hydrogen (secondary N) is 1. The predicted octanol–water partition coefficient (Wildman–Crippen LogP) is 5.46. The lowest BCUT2D eigenvalue weighted by Gasteiger charge is -2.23. The van der Waals surface area contributed by atoms with Crippen molar-refractivity contribution in [1.29, 1.82) is 0 Å². The molecule has 23 heavy (non-hydrogen) atoms. The van der Waals surface area contributed by atoms with Crippen LogP contribution in [-0.2, 0) is 0 Å². The van der Waals surface area contributed by atoms with Crippen LogP contribution in [0, 0.1) is 6.92 Å². The molecule has 1 N–H and O–H groups in total. The summed E-state index contributed by atoms with van der Waals surface area (Å²) in [6.07, 6.45) is 2.15. The molecule has 0 aliphatic rings. The average molecular weight is 353 g/mol. The normalized spacial score (nSPS) is 10.7. The van der Waals surface area contributed by atoms with E-state index < -0.39 is 0 Å². The molecule has 6 heteroatoms. The van der Waals surface area contributed by atoms with Gasteiger partial charge < -0.3 is 10.2 Å². The number of rotatable bonds is 7. The van der Waals surface area contributed by atoms with Gasteiger partial charge in [0, 0.05) is 29.9 Å². The number of benzene rings is 1. The number of halogens is 2. The highest BCUT2D eigenvalue weighted by Gasteiger charge is 2.11. The zero-order valence-electron chi connectivity index (χ0n) is 13.7. The van der Waals surface area contributed by atoms with Crippen LogP contribution in [0.1, 0.15) is 32.4 Å². The lowest BCUT2D eigenvalue weighted by atomic mass is 10.3. The third kappa shape index (κ3) is 4.98. The summed E-state index contributed by atoms with van der Waals surface area (Å²) in [5, 5.41) is 4.37. The van der Waals surface area contributed by atoms with E-state index in [2.05, 4.69) is 34.0 Å². The highest BCUT2D eigenvalue weighted by Crippen LogP contribution is 2.28. The fourth-order valence-corrected chi connectivity index (χ4v) is 2.70. The maximum Gasteiger partial charge on any atom is 0.229 e. The van der Waals surface area contributed by atoms with Gasteiger partial charge in [0.05, 0.1) is 10.7 Å². The fourth-order valence-electron chi connectivity index (χ4n) is 2.36. The van der Waals surface area contributed by atoms with Crippen molar-refractivity contribution in [3.63, 3.8) is 0 Å². The first kappa shape index (κ1) is 17.8. The van der Waals surface area contributed by atoms with Crippen LogP contribution in [-0.4, -0.2) is 23.1 Å². The summed E-state index contributed by atoms with van der Waals surface area (Å²) in [6.45, 7) is 8.25. The van der Waals surface area contributed by atoms with E-state index in [1.54, 1.807) is 18.2 Å². The topological polar surface area (TPSA) is 41.1 Å². The largest absolute Gasteiger partial charge is 0.356 e. The molecule has 0 bridgehead atoms. The van der Waals surface area contributed by atoms with Gasteiger partial charge in [-0.15, -0.1) is 0 Å². The summed E-state index contributed by atoms with van der Waals surface area (Å²) < 4.78 is 0. The third-order valence-corrected chi connectivity index (χ3v) is 3.89. The van der Waals surface area contributed by atoms with E-state index in [1.807, 2.05) is 13.0 Å². The monoisotopic (exact) mass is 352 g/mol. The highest BCUT2D eigenvalue weighted by atomic mass is 35.5. The molecule has 2 rings (SSSR count). The SMILES string of the molecule is CCCN(CCC)c1cc(C)nc(Nc2cc(Cl)ccc2Cl)n1. The van der Waals surface area contributed by atoms with Gasteiger partial charge in [0.2, 0.25) is 5.95 Å². The minimum atomic E-state index is 0.529. The number of hydrogen-bond acceptors (Lipinski definition) is 4. The molecule has 0 saturated carbocycles. The molecule has 0 fully saturated rings. The molecular formula is C17H22Cl2N4. The Morgan fingerprint density at radius 2 is 1.74 bits per heavy atom. The van der Waals surface area contributed by atoms with E-state index in [0.717, 1.165) is 37.4 Å². The van der Waals surface area contributed by atoms with Crippen molar-refractivity contribution in [3.05, 3.63) is 40.0 Å². The molecule has 2 aromatic rings. The summed E-state index contributed by atoms with van der Waals surface area (Å²) in [5.41, 5.74) is 1.61. The molecule has 0 spiro atoms. The number of aromatic nitrogens is 2. The molecule has 0 unspecified atom stereocenters. The second kappa shape index (κ2) is 8.37. The first-order valence-corrected chi connectivity index (χ1v) is 8.61. The molecule has 0 saturated heterocycles. The first-order valence-electron chi connectivity index (χ1n) is 7.86. The maximum atomic E-state index is 6.20. The van der Waals surface area contributed by atoms with Gasteiger partial charge in [-0.2, -0.15) is 4.98 Å². The van der Waals surface area contributed by atoms with Crippen LogP contribution in [0.15, 0.2) is 24.3 Å². The Morgan fingerprint density at radius 1 is 1.04 bits per heavy atom. The van der Waals surface area contributed by atoms with E-state index >= 15 is 0 Å². The van der Waals surface area contributed by atoms with Gasteiger partial charge in [0.25, 0.3) is 0 Å². The summed E-state index contributed by atoms with van der Waals surface area (Å²) in [7, 11) is 0. The highest BCUT2D eigenvalue weighted by molar-refractivity contribution is 6.35. The van der Waals surface area contributed by atoms with Crippen molar-refractivity contribution >= 4 is 40.7 Å². The van der Waals surface area contributed by atoms with E-state index in [1.165, 1.54) is 0 Å². The van der Waals surface area contributed by atoms with Crippen molar-refractivity contribution in [2.24, 2.45) is 0 Å². The van der Waals surface area contributed by atoms with Crippen molar-refractivity contribution in [2.45, 2.75) is 33.6 Å². The Labute approximate surface area is 147 Å². The minimum Gasteiger partial charge on any atom is -0.356 e. The molecule has 1 aromatic heterocycles. The Kier molecular flexibility index (Phi) is 6.48. The van der Waals surface area contributed by atoms with Crippen LogP contribution < -0.4 is 10.2 Å². The Hall–Kier alpha value is -1.52. The minimum absolute atomic E-state index is 0.529. The lowest BCUT2D eigenvalue weighted by Crippen LogP contribution is -2.26. The molecule has 0 aliphatic carbocycles. The van der Waals surface area contributed by atoms with Crippen LogP contribution in [0.25, 0.3) is 0 Å². The molecule has 1 heterocycles. The van der Waals surface area contributed by atoms with Crippen molar-refractivity contribution < 1.29 is 0 Å². The zero-order chi connectivity index (χ0) is 16.8. The summed E-state index contributed by atoms with van der Waals surface area (Å²) in [4.78, 5) is 11.4. The van der Waals surface area contributed by atoms with E-state index in [4.69, 9.17) is 23.2 Å². The van der Waals surface area contributed by atoms with Crippen LogP contribution >= 0.6 is 23.2 Å². The third-order valence-electron chi connectivity index (χ3n) is 3.33. The molecule has 0 amide bonds. The lowest BCUT2D eigenvalue weighted by molar-refractivity contribution is 0.732. The molecule has 0 atom stereocenters. The molecule has 124 valence electrons. The smallest absolute Gasteiger partial charge is 0.229 e. The number of nitrogens with zero attached hydrogens (tertiary/aromatic N) is 3. The van der Waals surface area contributed by atoms with Gasteiger partial charge in [-0.1, -0.05) is 37.0 Å². The molecule has 0 radical (unpaired) electrons. The van der Waals surface area contributed by atoms with Gasteiger partial charge in [0.15, 0.2) is 0 Å². The maximum absolute atomic E-state index is 6.20. The van der Waals surface area contributed by atoms with Gasteiger partial charge in [-0.3, -0.25) is 0 Å².